The topological polar surface area (TPSA) is 32.3 Å². The van der Waals surface area contributed by atoms with Gasteiger partial charge in [-0.1, -0.05) is 0 Å². The van der Waals surface area contributed by atoms with Crippen LogP contribution in [0.2, 0.25) is 0 Å². The lowest BCUT2D eigenvalue weighted by Crippen LogP contribution is -2.32. The van der Waals surface area contributed by atoms with Gasteiger partial charge in [0.2, 0.25) is 0 Å². The first-order valence-electron chi connectivity index (χ1n) is 5.80. The van der Waals surface area contributed by atoms with E-state index >= 15 is 0 Å². The summed E-state index contributed by atoms with van der Waals surface area (Å²) in [6.45, 7) is 5.16. The van der Waals surface area contributed by atoms with Gasteiger partial charge in [0, 0.05) is 38.3 Å². The third kappa shape index (κ3) is 3.53. The zero-order valence-electron chi connectivity index (χ0n) is 9.65. The summed E-state index contributed by atoms with van der Waals surface area (Å²) in [6.07, 6.45) is 4.54. The molecule has 4 nitrogen and oxygen atoms in total. The lowest BCUT2D eigenvalue weighted by atomic mass is 10.4. The number of hydrogen-bond donors (Lipinski definition) is 0. The van der Waals surface area contributed by atoms with Gasteiger partial charge in [-0.05, 0) is 28.9 Å². The molecule has 0 aromatic carbocycles. The number of nitrogens with zero attached hydrogens (tertiary/aromatic N) is 4. The third-order valence-electron chi connectivity index (χ3n) is 2.94. The van der Waals surface area contributed by atoms with E-state index in [0.717, 1.165) is 49.4 Å². The number of anilines is 1. The highest BCUT2D eigenvalue weighted by Gasteiger charge is 2.17. The second-order valence-corrected chi connectivity index (χ2v) is 5.30. The van der Waals surface area contributed by atoms with Crippen LogP contribution in [0.25, 0.3) is 0 Å². The van der Waals surface area contributed by atoms with Crippen molar-refractivity contribution in [3.63, 3.8) is 0 Å². The fourth-order valence-electron chi connectivity index (χ4n) is 2.06. The maximum atomic E-state index is 5.78. The summed E-state index contributed by atoms with van der Waals surface area (Å²) in [4.78, 5) is 13.0. The first-order valence-corrected chi connectivity index (χ1v) is 7.13. The lowest BCUT2D eigenvalue weighted by molar-refractivity contribution is 0.311. The van der Waals surface area contributed by atoms with Crippen molar-refractivity contribution in [3.05, 3.63) is 17.0 Å². The quantitative estimate of drug-likeness (QED) is 0.798. The molecular weight excluding hydrogens is 304 g/mol. The number of alkyl halides is 1. The van der Waals surface area contributed by atoms with E-state index < -0.39 is 0 Å². The average Bonchev–Trinajstić information content (AvgIpc) is 2.56. The molecule has 0 aliphatic carbocycles. The van der Waals surface area contributed by atoms with Crippen LogP contribution in [0.3, 0.4) is 0 Å². The van der Waals surface area contributed by atoms with Gasteiger partial charge < -0.3 is 9.80 Å². The fraction of sp³-hybridized carbons (Fsp3) is 0.636. The van der Waals surface area contributed by atoms with Gasteiger partial charge in [-0.25, -0.2) is 9.97 Å². The van der Waals surface area contributed by atoms with E-state index in [1.165, 1.54) is 0 Å². The Bertz CT molecular complexity index is 363. The van der Waals surface area contributed by atoms with E-state index in [9.17, 15) is 0 Å². The Hall–Kier alpha value is -0.390. The summed E-state index contributed by atoms with van der Waals surface area (Å²) in [5, 5.41) is 0. The molecule has 94 valence electrons. The highest BCUT2D eigenvalue weighted by Crippen LogP contribution is 2.22. The molecule has 1 aromatic rings. The number of halogens is 2. The van der Waals surface area contributed by atoms with E-state index in [2.05, 4.69) is 35.7 Å². The molecule has 1 fully saturated rings. The second kappa shape index (κ2) is 6.52. The zero-order chi connectivity index (χ0) is 12.1. The largest absolute Gasteiger partial charge is 0.354 e. The van der Waals surface area contributed by atoms with Crippen LogP contribution in [-0.2, 0) is 0 Å². The zero-order valence-corrected chi connectivity index (χ0v) is 12.0. The van der Waals surface area contributed by atoms with Crippen LogP contribution in [0, 0.1) is 0 Å². The SMILES string of the molecule is ClCCN1CCCN(c2ncncc2Br)CC1. The summed E-state index contributed by atoms with van der Waals surface area (Å²) >= 11 is 9.29. The Morgan fingerprint density at radius 3 is 2.94 bits per heavy atom. The predicted octanol–water partition coefficient (Wildman–Crippen LogP) is 1.99. The second-order valence-electron chi connectivity index (χ2n) is 4.07. The molecule has 1 saturated heterocycles. The van der Waals surface area contributed by atoms with E-state index in [0.29, 0.717) is 5.88 Å². The maximum absolute atomic E-state index is 5.78. The Labute approximate surface area is 115 Å². The molecule has 17 heavy (non-hydrogen) atoms. The van der Waals surface area contributed by atoms with Crippen molar-refractivity contribution in [2.75, 3.05) is 43.5 Å². The van der Waals surface area contributed by atoms with Gasteiger partial charge in [0.05, 0.1) is 4.47 Å². The normalized spacial score (nSPS) is 18.1. The molecule has 1 aliphatic heterocycles. The smallest absolute Gasteiger partial charge is 0.146 e. The van der Waals surface area contributed by atoms with Crippen LogP contribution < -0.4 is 4.90 Å². The Morgan fingerprint density at radius 1 is 1.29 bits per heavy atom. The highest BCUT2D eigenvalue weighted by molar-refractivity contribution is 9.10. The molecule has 0 amide bonds. The van der Waals surface area contributed by atoms with Crippen LogP contribution in [0.5, 0.6) is 0 Å². The Morgan fingerprint density at radius 2 is 2.18 bits per heavy atom. The van der Waals surface area contributed by atoms with Crippen molar-refractivity contribution in [1.29, 1.82) is 0 Å². The third-order valence-corrected chi connectivity index (χ3v) is 3.67. The van der Waals surface area contributed by atoms with Crippen LogP contribution in [0.1, 0.15) is 6.42 Å². The molecule has 2 rings (SSSR count). The van der Waals surface area contributed by atoms with Crippen LogP contribution in [0.15, 0.2) is 17.0 Å². The Kier molecular flexibility index (Phi) is 5.00. The first kappa shape index (κ1) is 13.1. The Balaban J connectivity index is 2.01. The van der Waals surface area contributed by atoms with Crippen molar-refractivity contribution < 1.29 is 0 Å². The molecule has 1 aliphatic rings. The number of hydrogen-bond acceptors (Lipinski definition) is 4. The lowest BCUT2D eigenvalue weighted by Gasteiger charge is -2.22. The van der Waals surface area contributed by atoms with E-state index in [1.807, 2.05) is 0 Å². The van der Waals surface area contributed by atoms with Gasteiger partial charge in [-0.2, -0.15) is 0 Å². The average molecular weight is 320 g/mol. The van der Waals surface area contributed by atoms with Crippen molar-refractivity contribution in [2.24, 2.45) is 0 Å². The predicted molar refractivity (Wildman–Crippen MR) is 73.7 cm³/mol. The summed E-state index contributed by atoms with van der Waals surface area (Å²) in [5.41, 5.74) is 0. The van der Waals surface area contributed by atoms with E-state index in [-0.39, 0.29) is 0 Å². The molecule has 2 heterocycles. The minimum atomic E-state index is 0.706. The van der Waals surface area contributed by atoms with E-state index in [4.69, 9.17) is 11.6 Å². The molecule has 1 aromatic heterocycles. The summed E-state index contributed by atoms with van der Waals surface area (Å²) < 4.78 is 0.964. The molecule has 0 N–H and O–H groups in total. The van der Waals surface area contributed by atoms with Gasteiger partial charge in [0.15, 0.2) is 0 Å². The molecule has 0 spiro atoms. The number of rotatable bonds is 3. The first-order chi connectivity index (χ1) is 8.31. The molecule has 0 atom stereocenters. The molecule has 0 saturated carbocycles. The molecule has 0 bridgehead atoms. The van der Waals surface area contributed by atoms with Crippen LogP contribution in [-0.4, -0.2) is 53.5 Å². The highest BCUT2D eigenvalue weighted by atomic mass is 79.9. The number of aromatic nitrogens is 2. The minimum Gasteiger partial charge on any atom is -0.354 e. The van der Waals surface area contributed by atoms with Gasteiger partial charge in [-0.15, -0.1) is 11.6 Å². The van der Waals surface area contributed by atoms with Crippen LogP contribution >= 0.6 is 27.5 Å². The summed E-state index contributed by atoms with van der Waals surface area (Å²) in [7, 11) is 0. The van der Waals surface area contributed by atoms with Gasteiger partial charge in [0.1, 0.15) is 12.1 Å². The molecular formula is C11H16BrClN4. The minimum absolute atomic E-state index is 0.706. The standard InChI is InChI=1S/C11H16BrClN4/c12-10-8-14-9-15-11(10)17-4-1-3-16(5-2-13)6-7-17/h8-9H,1-7H2. The summed E-state index contributed by atoms with van der Waals surface area (Å²) in [5.74, 6) is 1.70. The molecule has 0 radical (unpaired) electrons. The van der Waals surface area contributed by atoms with Crippen molar-refractivity contribution >= 4 is 33.3 Å². The maximum Gasteiger partial charge on any atom is 0.146 e. The molecule has 0 unspecified atom stereocenters. The van der Waals surface area contributed by atoms with Crippen molar-refractivity contribution in [1.82, 2.24) is 14.9 Å². The molecule has 6 heteroatoms. The monoisotopic (exact) mass is 318 g/mol. The van der Waals surface area contributed by atoms with Gasteiger partial charge in [-0.3, -0.25) is 0 Å². The van der Waals surface area contributed by atoms with Crippen LogP contribution in [0.4, 0.5) is 5.82 Å². The van der Waals surface area contributed by atoms with E-state index in [1.54, 1.807) is 12.5 Å². The van der Waals surface area contributed by atoms with Crippen molar-refractivity contribution in [2.45, 2.75) is 6.42 Å². The fourth-order valence-corrected chi connectivity index (χ4v) is 2.78. The van der Waals surface area contributed by atoms with Gasteiger partial charge >= 0.3 is 0 Å². The summed E-state index contributed by atoms with van der Waals surface area (Å²) in [6, 6.07) is 0. The van der Waals surface area contributed by atoms with Crippen molar-refractivity contribution in [3.8, 4) is 0 Å². The van der Waals surface area contributed by atoms with Gasteiger partial charge in [0.25, 0.3) is 0 Å².